The van der Waals surface area contributed by atoms with Crippen LogP contribution < -0.4 is 10.6 Å². The zero-order valence-electron chi connectivity index (χ0n) is 17.4. The lowest BCUT2D eigenvalue weighted by Gasteiger charge is -2.32. The number of aryl methyl sites for hydroxylation is 1. The standard InChI is InChI=1S/C21H28N6O3/c1-25-12-14-27(15-13-25)10-3-8-23-20(29)21(30)24-17-6-4-16(5-7-17)18(28)19-22-9-11-26(19)2/h4-7,9,11H,3,8,10,12-15H2,1-2H3,(H,23,29)(H,24,30). The molecule has 0 atom stereocenters. The van der Waals surface area contributed by atoms with Crippen molar-refractivity contribution in [3.63, 3.8) is 0 Å². The maximum atomic E-state index is 12.4. The van der Waals surface area contributed by atoms with E-state index in [1.807, 2.05) is 0 Å². The average molecular weight is 412 g/mol. The van der Waals surface area contributed by atoms with E-state index in [9.17, 15) is 14.4 Å². The number of nitrogens with one attached hydrogen (secondary N) is 2. The Labute approximate surface area is 176 Å². The molecule has 1 fully saturated rings. The number of rotatable bonds is 7. The summed E-state index contributed by atoms with van der Waals surface area (Å²) in [4.78, 5) is 45.2. The first-order chi connectivity index (χ1) is 14.4. The van der Waals surface area contributed by atoms with Crippen molar-refractivity contribution in [1.82, 2.24) is 24.7 Å². The molecule has 0 saturated carbocycles. The van der Waals surface area contributed by atoms with E-state index in [1.54, 1.807) is 48.3 Å². The normalized spacial score (nSPS) is 15.0. The Bertz CT molecular complexity index is 884. The first kappa shape index (κ1) is 21.7. The highest BCUT2D eigenvalue weighted by atomic mass is 16.2. The number of amides is 2. The fraction of sp³-hybridized carbons (Fsp3) is 0.429. The molecule has 1 aliphatic rings. The van der Waals surface area contributed by atoms with Crippen LogP contribution >= 0.6 is 0 Å². The molecule has 160 valence electrons. The van der Waals surface area contributed by atoms with Crippen LogP contribution in [0.3, 0.4) is 0 Å². The van der Waals surface area contributed by atoms with Crippen LogP contribution in [-0.4, -0.2) is 83.3 Å². The zero-order valence-corrected chi connectivity index (χ0v) is 17.4. The lowest BCUT2D eigenvalue weighted by molar-refractivity contribution is -0.136. The second-order valence-corrected chi connectivity index (χ2v) is 7.48. The monoisotopic (exact) mass is 412 g/mol. The summed E-state index contributed by atoms with van der Waals surface area (Å²) in [6, 6.07) is 6.38. The van der Waals surface area contributed by atoms with Crippen molar-refractivity contribution in [2.75, 3.05) is 51.6 Å². The molecule has 3 rings (SSSR count). The molecule has 1 saturated heterocycles. The smallest absolute Gasteiger partial charge is 0.313 e. The quantitative estimate of drug-likeness (QED) is 0.387. The number of ketones is 1. The van der Waals surface area contributed by atoms with Gasteiger partial charge in [0, 0.05) is 63.4 Å². The van der Waals surface area contributed by atoms with Crippen LogP contribution in [-0.2, 0) is 16.6 Å². The summed E-state index contributed by atoms with van der Waals surface area (Å²) in [5.41, 5.74) is 0.902. The van der Waals surface area contributed by atoms with Crippen molar-refractivity contribution in [2.45, 2.75) is 6.42 Å². The Balaban J connectivity index is 1.41. The molecule has 2 amide bonds. The van der Waals surface area contributed by atoms with Gasteiger partial charge in [-0.15, -0.1) is 0 Å². The molecule has 9 heteroatoms. The van der Waals surface area contributed by atoms with Gasteiger partial charge in [-0.2, -0.15) is 0 Å². The number of hydrogen-bond donors (Lipinski definition) is 2. The maximum absolute atomic E-state index is 12.4. The van der Waals surface area contributed by atoms with Gasteiger partial charge in [-0.3, -0.25) is 14.4 Å². The molecule has 1 aliphatic heterocycles. The van der Waals surface area contributed by atoms with Crippen molar-refractivity contribution >= 4 is 23.3 Å². The number of imidazole rings is 1. The number of anilines is 1. The van der Waals surface area contributed by atoms with E-state index in [1.165, 1.54) is 0 Å². The van der Waals surface area contributed by atoms with Gasteiger partial charge in [0.1, 0.15) is 0 Å². The Morgan fingerprint density at radius 1 is 1.00 bits per heavy atom. The summed E-state index contributed by atoms with van der Waals surface area (Å²) in [6.07, 6.45) is 4.06. The third kappa shape index (κ3) is 5.74. The predicted molar refractivity (Wildman–Crippen MR) is 113 cm³/mol. The Kier molecular flexibility index (Phi) is 7.31. The van der Waals surface area contributed by atoms with Gasteiger partial charge in [0.25, 0.3) is 0 Å². The molecular weight excluding hydrogens is 384 g/mol. The summed E-state index contributed by atoms with van der Waals surface area (Å²) in [5, 5.41) is 5.20. The third-order valence-corrected chi connectivity index (χ3v) is 5.17. The van der Waals surface area contributed by atoms with Gasteiger partial charge in [-0.25, -0.2) is 4.98 Å². The van der Waals surface area contributed by atoms with Crippen LogP contribution in [0.5, 0.6) is 0 Å². The molecule has 0 radical (unpaired) electrons. The van der Waals surface area contributed by atoms with E-state index in [-0.39, 0.29) is 5.78 Å². The lowest BCUT2D eigenvalue weighted by Crippen LogP contribution is -2.45. The van der Waals surface area contributed by atoms with Gasteiger partial charge < -0.3 is 25.0 Å². The van der Waals surface area contributed by atoms with Gasteiger partial charge in [-0.1, -0.05) is 0 Å². The minimum Gasteiger partial charge on any atom is -0.348 e. The van der Waals surface area contributed by atoms with Gasteiger partial charge in [0.2, 0.25) is 5.78 Å². The number of carbonyl (C=O) groups excluding carboxylic acids is 3. The Morgan fingerprint density at radius 2 is 1.70 bits per heavy atom. The van der Waals surface area contributed by atoms with Gasteiger partial charge in [0.05, 0.1) is 0 Å². The van der Waals surface area contributed by atoms with Crippen LogP contribution in [0.2, 0.25) is 0 Å². The zero-order chi connectivity index (χ0) is 21.5. The number of aromatic nitrogens is 2. The van der Waals surface area contributed by atoms with Crippen LogP contribution in [0.25, 0.3) is 0 Å². The van der Waals surface area contributed by atoms with Crippen molar-refractivity contribution in [1.29, 1.82) is 0 Å². The molecule has 9 nitrogen and oxygen atoms in total. The molecule has 0 aliphatic carbocycles. The highest BCUT2D eigenvalue weighted by molar-refractivity contribution is 6.39. The minimum atomic E-state index is -0.724. The van der Waals surface area contributed by atoms with Gasteiger partial charge in [0.15, 0.2) is 5.82 Å². The molecule has 2 aromatic rings. The van der Waals surface area contributed by atoms with Crippen molar-refractivity contribution in [3.05, 3.63) is 48.0 Å². The minimum absolute atomic E-state index is 0.210. The number of benzene rings is 1. The SMILES string of the molecule is CN1CCN(CCCNC(=O)C(=O)Nc2ccc(C(=O)c3nccn3C)cc2)CC1. The third-order valence-electron chi connectivity index (χ3n) is 5.17. The van der Waals surface area contributed by atoms with Gasteiger partial charge >= 0.3 is 11.8 Å². The van der Waals surface area contributed by atoms with E-state index in [4.69, 9.17) is 0 Å². The summed E-state index contributed by atoms with van der Waals surface area (Å²) >= 11 is 0. The summed E-state index contributed by atoms with van der Waals surface area (Å²) < 4.78 is 1.64. The van der Waals surface area contributed by atoms with Crippen molar-refractivity contribution in [2.24, 2.45) is 7.05 Å². The molecule has 2 N–H and O–H groups in total. The van der Waals surface area contributed by atoms with Crippen molar-refractivity contribution in [3.8, 4) is 0 Å². The molecule has 0 unspecified atom stereocenters. The molecule has 0 bridgehead atoms. The van der Waals surface area contributed by atoms with Crippen LogP contribution in [0, 0.1) is 0 Å². The van der Waals surface area contributed by atoms with Crippen LogP contribution in [0.1, 0.15) is 22.6 Å². The topological polar surface area (TPSA) is 99.6 Å². The fourth-order valence-electron chi connectivity index (χ4n) is 3.26. The fourth-order valence-corrected chi connectivity index (χ4v) is 3.26. The Morgan fingerprint density at radius 3 is 2.33 bits per heavy atom. The van der Waals surface area contributed by atoms with E-state index in [0.717, 1.165) is 39.1 Å². The summed E-state index contributed by atoms with van der Waals surface area (Å²) in [7, 11) is 3.86. The number of carbonyl (C=O) groups is 3. The summed E-state index contributed by atoms with van der Waals surface area (Å²) in [5.74, 6) is -1.26. The number of likely N-dealkylation sites (N-methyl/N-ethyl adjacent to an activating group) is 1. The molecule has 1 aromatic heterocycles. The molecule has 0 spiro atoms. The second-order valence-electron chi connectivity index (χ2n) is 7.48. The number of nitrogens with zero attached hydrogens (tertiary/aromatic N) is 4. The largest absolute Gasteiger partial charge is 0.348 e. The predicted octanol–water partition coefficient (Wildman–Crippen LogP) is 0.343. The molecule has 1 aromatic carbocycles. The number of hydrogen-bond acceptors (Lipinski definition) is 6. The van der Waals surface area contributed by atoms with Crippen LogP contribution in [0.15, 0.2) is 36.7 Å². The van der Waals surface area contributed by atoms with E-state index in [0.29, 0.717) is 23.6 Å². The van der Waals surface area contributed by atoms with Gasteiger partial charge in [-0.05, 0) is 44.3 Å². The average Bonchev–Trinajstić information content (AvgIpc) is 3.18. The first-order valence-corrected chi connectivity index (χ1v) is 10.1. The highest BCUT2D eigenvalue weighted by Gasteiger charge is 2.17. The van der Waals surface area contributed by atoms with Crippen molar-refractivity contribution < 1.29 is 14.4 Å². The first-order valence-electron chi connectivity index (χ1n) is 10.1. The molecule has 2 heterocycles. The highest BCUT2D eigenvalue weighted by Crippen LogP contribution is 2.13. The molecule has 30 heavy (non-hydrogen) atoms. The summed E-state index contributed by atoms with van der Waals surface area (Å²) in [6.45, 7) is 5.53. The second kappa shape index (κ2) is 10.1. The maximum Gasteiger partial charge on any atom is 0.313 e. The lowest BCUT2D eigenvalue weighted by atomic mass is 10.1. The Hall–Kier alpha value is -3.04. The molecular formula is C21H28N6O3. The van der Waals surface area contributed by atoms with Crippen LogP contribution in [0.4, 0.5) is 5.69 Å². The number of piperazine rings is 1. The van der Waals surface area contributed by atoms with E-state index in [2.05, 4.69) is 32.5 Å². The van der Waals surface area contributed by atoms with E-state index >= 15 is 0 Å². The van der Waals surface area contributed by atoms with E-state index < -0.39 is 11.8 Å².